The Morgan fingerprint density at radius 2 is 2.22 bits per heavy atom. The molecule has 0 radical (unpaired) electrons. The van der Waals surface area contributed by atoms with Crippen LogP contribution in [0.4, 0.5) is 0 Å². The van der Waals surface area contributed by atoms with Crippen LogP contribution >= 0.6 is 38.9 Å². The Morgan fingerprint density at radius 3 is 2.83 bits per heavy atom. The van der Waals surface area contributed by atoms with Crippen LogP contribution < -0.4 is 0 Å². The molecule has 0 saturated heterocycles. The first kappa shape index (κ1) is 13.5. The van der Waals surface area contributed by atoms with Crippen molar-refractivity contribution in [2.75, 3.05) is 7.11 Å². The van der Waals surface area contributed by atoms with Crippen LogP contribution in [0.15, 0.2) is 22.7 Å². The third-order valence-corrected chi connectivity index (χ3v) is 4.39. The van der Waals surface area contributed by atoms with Crippen LogP contribution in [0.3, 0.4) is 0 Å². The van der Waals surface area contributed by atoms with Gasteiger partial charge in [-0.3, -0.25) is 0 Å². The third-order valence-electron chi connectivity index (χ3n) is 2.33. The second-order valence-corrected chi connectivity index (χ2v) is 5.84. The molecule has 1 heterocycles. The number of ether oxygens (including phenoxy) is 1. The third kappa shape index (κ3) is 2.58. The Balaban J connectivity index is 2.49. The Bertz CT molecular complexity index is 612. The molecule has 0 aliphatic rings. The van der Waals surface area contributed by atoms with Crippen molar-refractivity contribution in [3.05, 3.63) is 38.3 Å². The molecular formula is C12H9BrClNO2S. The molecule has 0 spiro atoms. The lowest BCUT2D eigenvalue weighted by atomic mass is 10.2. The maximum atomic E-state index is 11.5. The topological polar surface area (TPSA) is 39.2 Å². The Hall–Kier alpha value is -0.910. The Labute approximate surface area is 122 Å². The highest BCUT2D eigenvalue weighted by Crippen LogP contribution is 2.34. The first-order chi connectivity index (χ1) is 8.52. The number of thiazole rings is 1. The number of carbonyl (C=O) groups excluding carboxylic acids is 1. The summed E-state index contributed by atoms with van der Waals surface area (Å²) in [5, 5.41) is 1.41. The van der Waals surface area contributed by atoms with Crippen LogP contribution in [0.2, 0.25) is 5.02 Å². The van der Waals surface area contributed by atoms with Gasteiger partial charge in [0.2, 0.25) is 0 Å². The van der Waals surface area contributed by atoms with Gasteiger partial charge >= 0.3 is 5.97 Å². The van der Waals surface area contributed by atoms with E-state index in [1.807, 2.05) is 6.07 Å². The van der Waals surface area contributed by atoms with Crippen molar-refractivity contribution in [1.29, 1.82) is 0 Å². The maximum absolute atomic E-state index is 11.5. The highest BCUT2D eigenvalue weighted by molar-refractivity contribution is 9.10. The minimum absolute atomic E-state index is 0.360. The van der Waals surface area contributed by atoms with Crippen LogP contribution in [0.5, 0.6) is 0 Å². The lowest BCUT2D eigenvalue weighted by molar-refractivity contribution is 0.0605. The fourth-order valence-corrected chi connectivity index (χ4v) is 3.48. The average molecular weight is 347 g/mol. The van der Waals surface area contributed by atoms with Gasteiger partial charge in [-0.1, -0.05) is 27.5 Å². The lowest BCUT2D eigenvalue weighted by Crippen LogP contribution is -1.99. The number of nitrogens with zero attached hydrogens (tertiary/aromatic N) is 1. The highest BCUT2D eigenvalue weighted by Gasteiger charge is 2.17. The lowest BCUT2D eigenvalue weighted by Gasteiger charge is -2.00. The fraction of sp³-hybridized carbons (Fsp3) is 0.167. The molecule has 18 heavy (non-hydrogen) atoms. The van der Waals surface area contributed by atoms with Crippen molar-refractivity contribution < 1.29 is 9.53 Å². The predicted molar refractivity (Wildman–Crippen MR) is 76.3 cm³/mol. The fourth-order valence-electron chi connectivity index (χ4n) is 1.46. The molecule has 1 aromatic carbocycles. The molecule has 0 aliphatic heterocycles. The number of carbonyl (C=O) groups is 1. The quantitative estimate of drug-likeness (QED) is 0.760. The normalized spacial score (nSPS) is 10.4. The van der Waals surface area contributed by atoms with Crippen LogP contribution in [-0.4, -0.2) is 18.1 Å². The van der Waals surface area contributed by atoms with Gasteiger partial charge in [0.25, 0.3) is 0 Å². The van der Waals surface area contributed by atoms with E-state index in [9.17, 15) is 4.79 Å². The number of methoxy groups -OCH3 is 1. The second-order valence-electron chi connectivity index (χ2n) is 3.55. The smallest absolute Gasteiger partial charge is 0.349 e. The van der Waals surface area contributed by atoms with E-state index in [1.54, 1.807) is 19.1 Å². The Morgan fingerprint density at radius 1 is 1.50 bits per heavy atom. The van der Waals surface area contributed by atoms with Gasteiger partial charge in [0.15, 0.2) is 0 Å². The van der Waals surface area contributed by atoms with E-state index in [1.165, 1.54) is 18.4 Å². The molecule has 94 valence electrons. The molecule has 0 bridgehead atoms. The zero-order valence-electron chi connectivity index (χ0n) is 9.66. The van der Waals surface area contributed by atoms with E-state index < -0.39 is 0 Å². The average Bonchev–Trinajstić information content (AvgIpc) is 2.70. The van der Waals surface area contributed by atoms with Crippen molar-refractivity contribution in [3.8, 4) is 10.6 Å². The van der Waals surface area contributed by atoms with Crippen molar-refractivity contribution in [3.63, 3.8) is 0 Å². The van der Waals surface area contributed by atoms with Gasteiger partial charge in [-0.15, -0.1) is 11.3 Å². The molecule has 3 nitrogen and oxygen atoms in total. The molecule has 0 atom stereocenters. The first-order valence-electron chi connectivity index (χ1n) is 5.04. The maximum Gasteiger partial charge on any atom is 0.349 e. The molecule has 0 N–H and O–H groups in total. The summed E-state index contributed by atoms with van der Waals surface area (Å²) in [6.07, 6.45) is 0. The monoisotopic (exact) mass is 345 g/mol. The summed E-state index contributed by atoms with van der Waals surface area (Å²) in [5.41, 5.74) is 1.58. The summed E-state index contributed by atoms with van der Waals surface area (Å²) >= 11 is 10.6. The van der Waals surface area contributed by atoms with Crippen LogP contribution in [0.1, 0.15) is 15.4 Å². The van der Waals surface area contributed by atoms with Crippen LogP contribution in [-0.2, 0) is 4.74 Å². The molecule has 0 fully saturated rings. The van der Waals surface area contributed by atoms with Gasteiger partial charge in [-0.25, -0.2) is 9.78 Å². The van der Waals surface area contributed by atoms with Crippen molar-refractivity contribution >= 4 is 44.8 Å². The van der Waals surface area contributed by atoms with Crippen LogP contribution in [0, 0.1) is 6.92 Å². The summed E-state index contributed by atoms with van der Waals surface area (Å²) < 4.78 is 5.56. The van der Waals surface area contributed by atoms with E-state index in [0.29, 0.717) is 15.6 Å². The van der Waals surface area contributed by atoms with Gasteiger partial charge < -0.3 is 4.74 Å². The number of aromatic nitrogens is 1. The summed E-state index contributed by atoms with van der Waals surface area (Å²) in [6.45, 7) is 1.79. The van der Waals surface area contributed by atoms with Gasteiger partial charge in [-0.2, -0.15) is 0 Å². The number of rotatable bonds is 2. The van der Waals surface area contributed by atoms with Crippen molar-refractivity contribution in [1.82, 2.24) is 4.98 Å². The number of aryl methyl sites for hydroxylation is 1. The summed E-state index contributed by atoms with van der Waals surface area (Å²) in [5.74, 6) is -0.360. The van der Waals surface area contributed by atoms with Gasteiger partial charge in [0.05, 0.1) is 12.8 Å². The first-order valence-corrected chi connectivity index (χ1v) is 7.03. The Kier molecular flexibility index (Phi) is 4.04. The van der Waals surface area contributed by atoms with Gasteiger partial charge in [-0.05, 0) is 25.1 Å². The summed E-state index contributed by atoms with van der Waals surface area (Å²) in [4.78, 5) is 16.4. The van der Waals surface area contributed by atoms with Crippen LogP contribution in [0.25, 0.3) is 10.6 Å². The molecule has 0 unspecified atom stereocenters. The molecular weight excluding hydrogens is 338 g/mol. The molecule has 0 aliphatic carbocycles. The molecule has 0 amide bonds. The SMILES string of the molecule is COC(=O)c1sc(-c2ccc(Cl)cc2Br)nc1C. The predicted octanol–water partition coefficient (Wildman–Crippen LogP) is 4.32. The zero-order chi connectivity index (χ0) is 13.3. The summed E-state index contributed by atoms with van der Waals surface area (Å²) in [6, 6.07) is 5.45. The largest absolute Gasteiger partial charge is 0.465 e. The van der Waals surface area contributed by atoms with E-state index in [0.717, 1.165) is 15.0 Å². The highest BCUT2D eigenvalue weighted by atomic mass is 79.9. The van der Waals surface area contributed by atoms with Crippen molar-refractivity contribution in [2.45, 2.75) is 6.92 Å². The molecule has 2 rings (SSSR count). The van der Waals surface area contributed by atoms with Crippen molar-refractivity contribution in [2.24, 2.45) is 0 Å². The molecule has 1 aromatic heterocycles. The van der Waals surface area contributed by atoms with E-state index >= 15 is 0 Å². The number of hydrogen-bond donors (Lipinski definition) is 0. The zero-order valence-corrected chi connectivity index (χ0v) is 12.8. The molecule has 0 saturated carbocycles. The van der Waals surface area contributed by atoms with Gasteiger partial charge in [0, 0.05) is 15.1 Å². The standard InChI is InChI=1S/C12H9BrClNO2S/c1-6-10(12(16)17-2)18-11(15-6)8-4-3-7(14)5-9(8)13/h3-5H,1-2H3. The van der Waals surface area contributed by atoms with E-state index in [4.69, 9.17) is 16.3 Å². The van der Waals surface area contributed by atoms with Gasteiger partial charge in [0.1, 0.15) is 9.88 Å². The second kappa shape index (κ2) is 5.38. The number of halogens is 2. The van der Waals surface area contributed by atoms with E-state index in [-0.39, 0.29) is 5.97 Å². The van der Waals surface area contributed by atoms with E-state index in [2.05, 4.69) is 20.9 Å². The minimum Gasteiger partial charge on any atom is -0.465 e. The minimum atomic E-state index is -0.360. The number of esters is 1. The number of benzene rings is 1. The summed E-state index contributed by atoms with van der Waals surface area (Å²) in [7, 11) is 1.36. The molecule has 2 aromatic rings. The number of hydrogen-bond acceptors (Lipinski definition) is 4. The molecule has 6 heteroatoms.